The number of aromatic amines is 1. The standard InChI is InChI=1S/C33H41BrF3N9O3/c34-26-19-21(18-25(28(26)38)33(35,36)37)20-27(30(47)44-12-6-23(7-13-44)43-16-10-39-11-17-43)40-31(48)45-14-8-24(9-15-45)46-32(49)41-29(42-46)22-4-2-1-3-5-22/h1-5,18-19,23-24,27,39H,6-17,20,38H2,(H,40,48)(H,41,42,49)/t27-/m1/s1. The van der Waals surface area contributed by atoms with Gasteiger partial charge in [0.1, 0.15) is 6.04 Å². The number of hydrogen-bond donors (Lipinski definition) is 4. The quantitative estimate of drug-likeness (QED) is 0.271. The molecule has 3 fully saturated rings. The molecular formula is C33H41BrF3N9O3. The second kappa shape index (κ2) is 14.9. The fourth-order valence-corrected chi connectivity index (χ4v) is 7.55. The highest BCUT2D eigenvalue weighted by atomic mass is 79.9. The van der Waals surface area contributed by atoms with Gasteiger partial charge in [-0.3, -0.25) is 14.7 Å². The van der Waals surface area contributed by atoms with Gasteiger partial charge in [0.15, 0.2) is 5.82 Å². The fourth-order valence-electron chi connectivity index (χ4n) is 7.05. The van der Waals surface area contributed by atoms with Crippen molar-refractivity contribution in [3.63, 3.8) is 0 Å². The minimum absolute atomic E-state index is 0.0674. The Balaban J connectivity index is 1.14. The van der Waals surface area contributed by atoms with E-state index in [4.69, 9.17) is 5.73 Å². The Hall–Kier alpha value is -3.89. The third kappa shape index (κ3) is 8.13. The second-order valence-corrected chi connectivity index (χ2v) is 13.7. The predicted octanol–water partition coefficient (Wildman–Crippen LogP) is 3.46. The number of nitrogens with zero attached hydrogens (tertiary/aromatic N) is 5. The Morgan fingerprint density at radius 3 is 2.24 bits per heavy atom. The fraction of sp³-hybridized carbons (Fsp3) is 0.515. The molecule has 0 saturated carbocycles. The molecule has 12 nitrogen and oxygen atoms in total. The van der Waals surface area contributed by atoms with Gasteiger partial charge in [0.05, 0.1) is 17.3 Å². The molecule has 2 aromatic carbocycles. The van der Waals surface area contributed by atoms with Gasteiger partial charge in [0, 0.05) is 74.9 Å². The maximum atomic E-state index is 14.0. The van der Waals surface area contributed by atoms with Gasteiger partial charge in [-0.2, -0.15) is 13.2 Å². The normalized spacial score (nSPS) is 19.2. The molecule has 5 N–H and O–H groups in total. The molecule has 3 aromatic rings. The number of nitrogen functional groups attached to an aromatic ring is 1. The average Bonchev–Trinajstić information content (AvgIpc) is 3.51. The number of piperazine rings is 1. The zero-order valence-electron chi connectivity index (χ0n) is 27.0. The zero-order chi connectivity index (χ0) is 34.7. The number of piperidine rings is 2. The van der Waals surface area contributed by atoms with Crippen molar-refractivity contribution in [1.29, 1.82) is 0 Å². The van der Waals surface area contributed by atoms with Crippen LogP contribution < -0.4 is 22.1 Å². The number of carbonyl (C=O) groups is 2. The molecule has 3 aliphatic rings. The third-order valence-electron chi connectivity index (χ3n) is 9.76. The molecule has 264 valence electrons. The van der Waals surface area contributed by atoms with Crippen LogP contribution in [0.3, 0.4) is 0 Å². The van der Waals surface area contributed by atoms with Crippen molar-refractivity contribution in [2.75, 3.05) is 58.1 Å². The number of carbonyl (C=O) groups excluding carboxylic acids is 2. The molecule has 0 unspecified atom stereocenters. The summed E-state index contributed by atoms with van der Waals surface area (Å²) in [5, 5.41) is 10.7. The number of likely N-dealkylation sites (tertiary alicyclic amines) is 2. The van der Waals surface area contributed by atoms with Crippen LogP contribution in [0, 0.1) is 0 Å². The lowest BCUT2D eigenvalue weighted by Crippen LogP contribution is -2.57. The summed E-state index contributed by atoms with van der Waals surface area (Å²) in [6.07, 6.45) is -2.35. The second-order valence-electron chi connectivity index (χ2n) is 12.9. The number of nitrogens with two attached hydrogens (primary N) is 1. The first-order valence-electron chi connectivity index (χ1n) is 16.7. The van der Waals surface area contributed by atoms with Gasteiger partial charge in [-0.1, -0.05) is 30.3 Å². The number of nitrogens with one attached hydrogen (secondary N) is 3. The van der Waals surface area contributed by atoms with Crippen molar-refractivity contribution in [1.82, 2.24) is 40.1 Å². The van der Waals surface area contributed by atoms with E-state index in [2.05, 4.69) is 41.5 Å². The third-order valence-corrected chi connectivity index (χ3v) is 10.4. The van der Waals surface area contributed by atoms with Crippen LogP contribution in [0.5, 0.6) is 0 Å². The Morgan fingerprint density at radius 2 is 1.59 bits per heavy atom. The molecule has 16 heteroatoms. The molecule has 3 aliphatic heterocycles. The number of benzene rings is 2. The van der Waals surface area contributed by atoms with Crippen LogP contribution in [-0.4, -0.2) is 106 Å². The molecule has 0 bridgehead atoms. The van der Waals surface area contributed by atoms with Crippen molar-refractivity contribution in [3.8, 4) is 11.4 Å². The summed E-state index contributed by atoms with van der Waals surface area (Å²) in [5.74, 6) is 0.132. The summed E-state index contributed by atoms with van der Waals surface area (Å²) < 4.78 is 42.9. The van der Waals surface area contributed by atoms with E-state index >= 15 is 0 Å². The molecular weight excluding hydrogens is 707 g/mol. The smallest absolute Gasteiger partial charge is 0.397 e. The molecule has 1 aromatic heterocycles. The van der Waals surface area contributed by atoms with Crippen molar-refractivity contribution in [2.24, 2.45) is 0 Å². The highest BCUT2D eigenvalue weighted by Crippen LogP contribution is 2.38. The maximum absolute atomic E-state index is 14.0. The summed E-state index contributed by atoms with van der Waals surface area (Å²) in [7, 11) is 0. The van der Waals surface area contributed by atoms with Crippen LogP contribution in [0.15, 0.2) is 51.7 Å². The number of H-pyrrole nitrogens is 1. The summed E-state index contributed by atoms with van der Waals surface area (Å²) in [4.78, 5) is 48.9. The van der Waals surface area contributed by atoms with Crippen LogP contribution in [0.2, 0.25) is 0 Å². The minimum Gasteiger partial charge on any atom is -0.397 e. The van der Waals surface area contributed by atoms with E-state index < -0.39 is 29.5 Å². The highest BCUT2D eigenvalue weighted by Gasteiger charge is 2.37. The summed E-state index contributed by atoms with van der Waals surface area (Å²) in [5.41, 5.74) is 4.97. The number of urea groups is 1. The van der Waals surface area contributed by atoms with Crippen LogP contribution in [0.4, 0.5) is 23.7 Å². The SMILES string of the molecule is Nc1c(Br)cc(C[C@@H](NC(=O)N2CCC(n3nc(-c4ccccc4)[nH]c3=O)CC2)C(=O)N2CCC(N3CCNCC3)CC2)cc1C(F)(F)F. The topological polar surface area (TPSA) is 145 Å². The van der Waals surface area contributed by atoms with E-state index in [0.717, 1.165) is 50.7 Å². The zero-order valence-corrected chi connectivity index (χ0v) is 28.6. The van der Waals surface area contributed by atoms with Gasteiger partial charge in [0.2, 0.25) is 5.91 Å². The van der Waals surface area contributed by atoms with E-state index in [1.54, 1.807) is 9.80 Å². The number of amides is 3. The number of halogens is 4. The maximum Gasteiger partial charge on any atom is 0.418 e. The van der Waals surface area contributed by atoms with Crippen LogP contribution >= 0.6 is 15.9 Å². The van der Waals surface area contributed by atoms with Crippen LogP contribution in [0.25, 0.3) is 11.4 Å². The van der Waals surface area contributed by atoms with Gasteiger partial charge >= 0.3 is 17.9 Å². The lowest BCUT2D eigenvalue weighted by Gasteiger charge is -2.41. The number of hydrogen-bond acceptors (Lipinski definition) is 7. The number of alkyl halides is 3. The molecule has 1 atom stereocenters. The highest BCUT2D eigenvalue weighted by molar-refractivity contribution is 9.10. The summed E-state index contributed by atoms with van der Waals surface area (Å²) in [6.45, 7) is 5.35. The Labute approximate surface area is 290 Å². The first kappa shape index (κ1) is 35.0. The van der Waals surface area contributed by atoms with E-state index in [1.165, 1.54) is 10.7 Å². The Morgan fingerprint density at radius 1 is 0.959 bits per heavy atom. The number of rotatable bonds is 7. The van der Waals surface area contributed by atoms with Gasteiger partial charge < -0.3 is 26.2 Å². The average molecular weight is 749 g/mol. The Bertz CT molecular complexity index is 1680. The molecule has 0 aliphatic carbocycles. The number of aromatic nitrogens is 3. The van der Waals surface area contributed by atoms with E-state index in [9.17, 15) is 27.6 Å². The largest absolute Gasteiger partial charge is 0.418 e. The predicted molar refractivity (Wildman–Crippen MR) is 182 cm³/mol. The van der Waals surface area contributed by atoms with Crippen molar-refractivity contribution in [3.05, 3.63) is 68.5 Å². The number of anilines is 1. The Kier molecular flexibility index (Phi) is 10.6. The molecule has 6 rings (SSSR count). The first-order valence-corrected chi connectivity index (χ1v) is 17.5. The van der Waals surface area contributed by atoms with E-state index in [-0.39, 0.29) is 34.1 Å². The van der Waals surface area contributed by atoms with Crippen LogP contribution in [0.1, 0.15) is 42.9 Å². The van der Waals surface area contributed by atoms with Gasteiger partial charge in [0.25, 0.3) is 0 Å². The van der Waals surface area contributed by atoms with Crippen molar-refractivity contribution < 1.29 is 22.8 Å². The van der Waals surface area contributed by atoms with Gasteiger partial charge in [-0.15, -0.1) is 5.10 Å². The lowest BCUT2D eigenvalue weighted by molar-refractivity contribution is -0.137. The minimum atomic E-state index is -4.69. The molecule has 3 saturated heterocycles. The first-order chi connectivity index (χ1) is 23.5. The van der Waals surface area contributed by atoms with E-state index in [1.807, 2.05) is 30.3 Å². The molecule has 0 radical (unpaired) electrons. The molecule has 3 amide bonds. The van der Waals surface area contributed by atoms with Crippen molar-refractivity contribution >= 4 is 33.6 Å². The van der Waals surface area contributed by atoms with Gasteiger partial charge in [-0.05, 0) is 59.3 Å². The van der Waals surface area contributed by atoms with Crippen molar-refractivity contribution in [2.45, 2.75) is 56.4 Å². The summed E-state index contributed by atoms with van der Waals surface area (Å²) >= 11 is 3.14. The molecule has 0 spiro atoms. The summed E-state index contributed by atoms with van der Waals surface area (Å²) in [6, 6.07) is 10.3. The monoisotopic (exact) mass is 747 g/mol. The lowest BCUT2D eigenvalue weighted by atomic mass is 9.98. The van der Waals surface area contributed by atoms with E-state index in [0.29, 0.717) is 50.9 Å². The van der Waals surface area contributed by atoms with Gasteiger partial charge in [-0.25, -0.2) is 14.3 Å². The molecule has 4 heterocycles. The van der Waals surface area contributed by atoms with Crippen LogP contribution in [-0.2, 0) is 17.4 Å². The molecule has 49 heavy (non-hydrogen) atoms.